The van der Waals surface area contributed by atoms with Crippen LogP contribution in [-0.2, 0) is 0 Å². The molecule has 3 aliphatic rings. The molecule has 0 bridgehead atoms. The van der Waals surface area contributed by atoms with E-state index in [0.29, 0.717) is 0 Å². The standard InChI is InChI=1S/C25H26ClN3/c26-22-12-9-20(10-13-22)25-23(18-28-15-5-2-6-16-28)29-17-21(11-14-24(29)27-25)19-7-3-1-4-8-19/h1,3-4,7-14,17,24,27H,2,5-6,15-16,18H2. The molecule has 0 aromatic heterocycles. The summed E-state index contributed by atoms with van der Waals surface area (Å²) in [6.45, 7) is 3.33. The van der Waals surface area contributed by atoms with Gasteiger partial charge in [0.05, 0.1) is 11.4 Å². The van der Waals surface area contributed by atoms with E-state index >= 15 is 0 Å². The van der Waals surface area contributed by atoms with Crippen molar-refractivity contribution in [2.75, 3.05) is 19.6 Å². The number of likely N-dealkylation sites (tertiary alicyclic amines) is 1. The van der Waals surface area contributed by atoms with Crippen molar-refractivity contribution in [1.82, 2.24) is 15.1 Å². The molecule has 1 atom stereocenters. The van der Waals surface area contributed by atoms with Crippen molar-refractivity contribution in [2.24, 2.45) is 0 Å². The maximum absolute atomic E-state index is 6.14. The maximum Gasteiger partial charge on any atom is 0.123 e. The van der Waals surface area contributed by atoms with Crippen molar-refractivity contribution in [3.8, 4) is 0 Å². The maximum atomic E-state index is 6.14. The molecule has 0 radical (unpaired) electrons. The van der Waals surface area contributed by atoms with Crippen LogP contribution < -0.4 is 5.32 Å². The van der Waals surface area contributed by atoms with Gasteiger partial charge in [-0.1, -0.05) is 66.6 Å². The molecule has 29 heavy (non-hydrogen) atoms. The van der Waals surface area contributed by atoms with Gasteiger partial charge in [0.2, 0.25) is 0 Å². The summed E-state index contributed by atoms with van der Waals surface area (Å²) in [6.07, 6.45) is 10.9. The SMILES string of the molecule is Clc1ccc(C2=C(CN3CCCCC3)N3C=C(c4ccccc4)C=CC3N2)cc1. The van der Waals surface area contributed by atoms with Crippen LogP contribution in [0, 0.1) is 0 Å². The average Bonchev–Trinajstić information content (AvgIpc) is 3.13. The number of halogens is 1. The van der Waals surface area contributed by atoms with E-state index in [2.05, 4.69) is 75.9 Å². The molecule has 4 heteroatoms. The van der Waals surface area contributed by atoms with E-state index in [4.69, 9.17) is 11.6 Å². The predicted octanol–water partition coefficient (Wildman–Crippen LogP) is 5.34. The van der Waals surface area contributed by atoms with Crippen LogP contribution in [0.3, 0.4) is 0 Å². The van der Waals surface area contributed by atoms with Gasteiger partial charge in [-0.2, -0.15) is 0 Å². The zero-order chi connectivity index (χ0) is 19.6. The van der Waals surface area contributed by atoms with E-state index in [0.717, 1.165) is 11.6 Å². The Morgan fingerprint density at radius 1 is 0.897 bits per heavy atom. The quantitative estimate of drug-likeness (QED) is 0.743. The van der Waals surface area contributed by atoms with Crippen LogP contribution in [0.2, 0.25) is 5.02 Å². The van der Waals surface area contributed by atoms with Crippen molar-refractivity contribution >= 4 is 22.9 Å². The summed E-state index contributed by atoms with van der Waals surface area (Å²) < 4.78 is 0. The Hall–Kier alpha value is -2.49. The summed E-state index contributed by atoms with van der Waals surface area (Å²) in [4.78, 5) is 5.01. The van der Waals surface area contributed by atoms with Crippen LogP contribution in [0.5, 0.6) is 0 Å². The Kier molecular flexibility index (Phi) is 5.17. The molecule has 0 spiro atoms. The van der Waals surface area contributed by atoms with E-state index in [1.807, 2.05) is 12.1 Å². The summed E-state index contributed by atoms with van der Waals surface area (Å²) >= 11 is 6.14. The topological polar surface area (TPSA) is 18.5 Å². The van der Waals surface area contributed by atoms with Gasteiger partial charge in [-0.15, -0.1) is 0 Å². The van der Waals surface area contributed by atoms with Gasteiger partial charge in [-0.3, -0.25) is 4.90 Å². The normalized spacial score (nSPS) is 21.8. The molecule has 5 rings (SSSR count). The first-order valence-electron chi connectivity index (χ1n) is 10.5. The van der Waals surface area contributed by atoms with Crippen LogP contribution in [0.15, 0.2) is 78.6 Å². The fraction of sp³-hybridized carbons (Fsp3) is 0.280. The Bertz CT molecular complexity index is 953. The third-order valence-corrected chi connectivity index (χ3v) is 6.24. The van der Waals surface area contributed by atoms with Crippen LogP contribution in [-0.4, -0.2) is 35.6 Å². The monoisotopic (exact) mass is 403 g/mol. The van der Waals surface area contributed by atoms with Crippen LogP contribution in [0.1, 0.15) is 30.4 Å². The summed E-state index contributed by atoms with van der Waals surface area (Å²) in [5.41, 5.74) is 6.25. The molecule has 0 aliphatic carbocycles. The van der Waals surface area contributed by atoms with Gasteiger partial charge in [-0.25, -0.2) is 0 Å². The minimum Gasteiger partial charge on any atom is -0.360 e. The number of rotatable bonds is 4. The Morgan fingerprint density at radius 3 is 2.41 bits per heavy atom. The molecule has 3 nitrogen and oxygen atoms in total. The van der Waals surface area contributed by atoms with E-state index in [-0.39, 0.29) is 6.17 Å². The minimum absolute atomic E-state index is 0.160. The van der Waals surface area contributed by atoms with Crippen molar-refractivity contribution in [3.05, 3.63) is 94.8 Å². The predicted molar refractivity (Wildman–Crippen MR) is 121 cm³/mol. The number of fused-ring (bicyclic) bond motifs is 1. The van der Waals surface area contributed by atoms with Crippen molar-refractivity contribution in [2.45, 2.75) is 25.4 Å². The first-order chi connectivity index (χ1) is 14.3. The first kappa shape index (κ1) is 18.5. The second kappa shape index (κ2) is 8.10. The lowest BCUT2D eigenvalue weighted by Gasteiger charge is -2.32. The zero-order valence-electron chi connectivity index (χ0n) is 16.5. The van der Waals surface area contributed by atoms with Crippen molar-refractivity contribution < 1.29 is 0 Å². The summed E-state index contributed by atoms with van der Waals surface area (Å²) in [6, 6.07) is 18.8. The number of hydrogen-bond acceptors (Lipinski definition) is 3. The number of piperidine rings is 1. The Balaban J connectivity index is 1.52. The van der Waals surface area contributed by atoms with Gasteiger partial charge in [-0.05, 0) is 60.8 Å². The Labute approximate surface area is 178 Å². The number of nitrogens with one attached hydrogen (secondary N) is 1. The lowest BCUT2D eigenvalue weighted by Crippen LogP contribution is -2.38. The van der Waals surface area contributed by atoms with Gasteiger partial charge in [0.15, 0.2) is 0 Å². The lowest BCUT2D eigenvalue weighted by molar-refractivity contribution is 0.228. The molecule has 1 N–H and O–H groups in total. The fourth-order valence-electron chi connectivity index (χ4n) is 4.44. The second-order valence-electron chi connectivity index (χ2n) is 7.97. The third-order valence-electron chi connectivity index (χ3n) is 5.99. The highest BCUT2D eigenvalue weighted by Gasteiger charge is 2.32. The highest BCUT2D eigenvalue weighted by molar-refractivity contribution is 6.30. The van der Waals surface area contributed by atoms with E-state index in [1.54, 1.807) is 0 Å². The van der Waals surface area contributed by atoms with Crippen LogP contribution in [0.25, 0.3) is 11.3 Å². The summed E-state index contributed by atoms with van der Waals surface area (Å²) in [5, 5.41) is 4.52. The van der Waals surface area contributed by atoms with Crippen LogP contribution in [0.4, 0.5) is 0 Å². The summed E-state index contributed by atoms with van der Waals surface area (Å²) in [7, 11) is 0. The van der Waals surface area contributed by atoms with E-state index < -0.39 is 0 Å². The van der Waals surface area contributed by atoms with Gasteiger partial charge in [0.1, 0.15) is 6.17 Å². The van der Waals surface area contributed by atoms with Gasteiger partial charge >= 0.3 is 0 Å². The van der Waals surface area contributed by atoms with Crippen molar-refractivity contribution in [3.63, 3.8) is 0 Å². The van der Waals surface area contributed by atoms with Gasteiger partial charge in [0, 0.05) is 17.8 Å². The second-order valence-corrected chi connectivity index (χ2v) is 8.41. The van der Waals surface area contributed by atoms with E-state index in [9.17, 15) is 0 Å². The molecule has 1 saturated heterocycles. The highest BCUT2D eigenvalue weighted by atomic mass is 35.5. The molecule has 2 aromatic carbocycles. The average molecular weight is 404 g/mol. The molecule has 3 aliphatic heterocycles. The number of allylic oxidation sites excluding steroid dienone is 2. The molecule has 3 heterocycles. The lowest BCUT2D eigenvalue weighted by atomic mass is 10.0. The number of hydrogen-bond donors (Lipinski definition) is 1. The highest BCUT2D eigenvalue weighted by Crippen LogP contribution is 2.34. The summed E-state index contributed by atoms with van der Waals surface area (Å²) in [5.74, 6) is 0. The first-order valence-corrected chi connectivity index (χ1v) is 10.9. The largest absolute Gasteiger partial charge is 0.360 e. The smallest absolute Gasteiger partial charge is 0.123 e. The fourth-order valence-corrected chi connectivity index (χ4v) is 4.57. The molecule has 148 valence electrons. The molecular formula is C25H26ClN3. The molecular weight excluding hydrogens is 378 g/mol. The van der Waals surface area contributed by atoms with Crippen LogP contribution >= 0.6 is 11.6 Å². The van der Waals surface area contributed by atoms with E-state index in [1.165, 1.54) is 60.4 Å². The third kappa shape index (κ3) is 3.85. The van der Waals surface area contributed by atoms with Gasteiger partial charge in [0.25, 0.3) is 0 Å². The molecule has 1 fully saturated rings. The van der Waals surface area contributed by atoms with Gasteiger partial charge < -0.3 is 10.2 Å². The minimum atomic E-state index is 0.160. The molecule has 1 unspecified atom stereocenters. The number of benzene rings is 2. The molecule has 2 aromatic rings. The molecule has 0 amide bonds. The Morgan fingerprint density at radius 2 is 1.66 bits per heavy atom. The zero-order valence-corrected chi connectivity index (χ0v) is 17.3. The number of nitrogens with zero attached hydrogens (tertiary/aromatic N) is 2. The van der Waals surface area contributed by atoms with Crippen molar-refractivity contribution in [1.29, 1.82) is 0 Å². The molecule has 0 saturated carbocycles.